The van der Waals surface area contributed by atoms with Crippen molar-refractivity contribution in [2.75, 3.05) is 0 Å². The van der Waals surface area contributed by atoms with E-state index in [9.17, 15) is 4.79 Å². The molecule has 0 N–H and O–H groups in total. The summed E-state index contributed by atoms with van der Waals surface area (Å²) in [6, 6.07) is 0. The van der Waals surface area contributed by atoms with E-state index in [0.29, 0.717) is 6.42 Å². The van der Waals surface area contributed by atoms with E-state index < -0.39 is 0 Å². The van der Waals surface area contributed by atoms with Crippen LogP contribution in [0.2, 0.25) is 0 Å². The summed E-state index contributed by atoms with van der Waals surface area (Å²) in [5.74, 6) is 0.00782. The van der Waals surface area contributed by atoms with E-state index in [-0.39, 0.29) is 17.5 Å². The molecule has 2 atom stereocenters. The lowest BCUT2D eigenvalue weighted by molar-refractivity contribution is -0.140. The van der Waals surface area contributed by atoms with Crippen LogP contribution in [0.1, 0.15) is 39.5 Å². The Morgan fingerprint density at radius 2 is 2.46 bits per heavy atom. The van der Waals surface area contributed by atoms with Gasteiger partial charge in [0.2, 0.25) is 0 Å². The second-order valence-corrected chi connectivity index (χ2v) is 4.54. The molecule has 1 aliphatic carbocycles. The Labute approximate surface area is 79.0 Å². The summed E-state index contributed by atoms with van der Waals surface area (Å²) < 4.78 is 5.14. The third kappa shape index (κ3) is 1.62. The molecule has 2 nitrogen and oxygen atoms in total. The molecule has 0 aromatic carbocycles. The minimum Gasteiger partial charge on any atom is -0.462 e. The predicted octanol–water partition coefficient (Wildman–Crippen LogP) is 2.44. The lowest BCUT2D eigenvalue weighted by Crippen LogP contribution is -2.02. The Morgan fingerprint density at radius 1 is 1.69 bits per heavy atom. The average molecular weight is 180 g/mol. The fourth-order valence-corrected chi connectivity index (χ4v) is 2.15. The van der Waals surface area contributed by atoms with Gasteiger partial charge in [-0.25, -0.2) is 0 Å². The van der Waals surface area contributed by atoms with Gasteiger partial charge in [-0.3, -0.25) is 4.79 Å². The van der Waals surface area contributed by atoms with Gasteiger partial charge in [0.05, 0.1) is 6.42 Å². The zero-order chi connectivity index (χ0) is 9.47. The van der Waals surface area contributed by atoms with Crippen LogP contribution in [0.25, 0.3) is 0 Å². The molecule has 0 amide bonds. The minimum absolute atomic E-state index is 0.00782. The van der Waals surface area contributed by atoms with Gasteiger partial charge < -0.3 is 4.74 Å². The molecular formula is C11H16O2. The largest absolute Gasteiger partial charge is 0.462 e. The summed E-state index contributed by atoms with van der Waals surface area (Å²) in [6.07, 6.45) is 6.49. The third-order valence-corrected chi connectivity index (χ3v) is 3.08. The van der Waals surface area contributed by atoms with Crippen LogP contribution in [0.15, 0.2) is 11.6 Å². The van der Waals surface area contributed by atoms with Gasteiger partial charge in [-0.15, -0.1) is 0 Å². The van der Waals surface area contributed by atoms with Gasteiger partial charge in [0.1, 0.15) is 6.10 Å². The molecule has 0 aromatic heterocycles. The van der Waals surface area contributed by atoms with Crippen LogP contribution in [-0.4, -0.2) is 12.1 Å². The fourth-order valence-electron chi connectivity index (χ4n) is 2.15. The number of hydrogen-bond acceptors (Lipinski definition) is 2. The van der Waals surface area contributed by atoms with E-state index >= 15 is 0 Å². The van der Waals surface area contributed by atoms with E-state index in [4.69, 9.17) is 4.74 Å². The van der Waals surface area contributed by atoms with Crippen molar-refractivity contribution in [3.8, 4) is 0 Å². The number of allylic oxidation sites excluding steroid dienone is 2. The molecule has 2 aliphatic rings. The van der Waals surface area contributed by atoms with Crippen LogP contribution in [0.3, 0.4) is 0 Å². The van der Waals surface area contributed by atoms with Crippen molar-refractivity contribution in [2.24, 2.45) is 5.41 Å². The third-order valence-electron chi connectivity index (χ3n) is 3.08. The predicted molar refractivity (Wildman–Crippen MR) is 50.2 cm³/mol. The summed E-state index contributed by atoms with van der Waals surface area (Å²) in [4.78, 5) is 10.9. The minimum atomic E-state index is 0.00782. The lowest BCUT2D eigenvalue weighted by Gasteiger charge is -2.04. The van der Waals surface area contributed by atoms with Crippen LogP contribution in [0, 0.1) is 5.41 Å². The maximum absolute atomic E-state index is 10.9. The van der Waals surface area contributed by atoms with E-state index in [1.54, 1.807) is 0 Å². The van der Waals surface area contributed by atoms with Crippen LogP contribution in [0.4, 0.5) is 0 Å². The number of ether oxygens (including phenoxy) is 1. The van der Waals surface area contributed by atoms with Crippen LogP contribution < -0.4 is 0 Å². The summed E-state index contributed by atoms with van der Waals surface area (Å²) in [7, 11) is 0. The standard InChI is InChI=1S/C11H16O2/c1-8(2)4-3-5-11-6-9(11)13-10(12)7-11/h4,9H,3,5-7H2,1-2H3. The first-order valence-corrected chi connectivity index (χ1v) is 4.95. The molecule has 0 aromatic rings. The van der Waals surface area contributed by atoms with E-state index in [1.165, 1.54) is 5.57 Å². The highest BCUT2D eigenvalue weighted by molar-refractivity contribution is 5.75. The highest BCUT2D eigenvalue weighted by atomic mass is 16.6. The summed E-state index contributed by atoms with van der Waals surface area (Å²) in [5, 5.41) is 0. The van der Waals surface area contributed by atoms with Gasteiger partial charge in [0, 0.05) is 5.41 Å². The van der Waals surface area contributed by atoms with Crippen molar-refractivity contribution in [2.45, 2.75) is 45.6 Å². The first-order chi connectivity index (χ1) is 6.12. The second kappa shape index (κ2) is 2.86. The number of rotatable bonds is 3. The quantitative estimate of drug-likeness (QED) is 0.492. The number of hydrogen-bond donors (Lipinski definition) is 0. The molecule has 0 spiro atoms. The molecule has 2 heteroatoms. The Hall–Kier alpha value is -0.790. The highest BCUT2D eigenvalue weighted by Gasteiger charge is 2.62. The molecule has 13 heavy (non-hydrogen) atoms. The topological polar surface area (TPSA) is 26.3 Å². The Kier molecular flexibility index (Phi) is 1.94. The van der Waals surface area contributed by atoms with Crippen molar-refractivity contribution < 1.29 is 9.53 Å². The molecule has 2 rings (SSSR count). The molecule has 0 bridgehead atoms. The molecule has 72 valence electrons. The van der Waals surface area contributed by atoms with Crippen LogP contribution >= 0.6 is 0 Å². The maximum Gasteiger partial charge on any atom is 0.306 e. The molecule has 1 aliphatic heterocycles. The van der Waals surface area contributed by atoms with E-state index in [1.807, 2.05) is 0 Å². The molecular weight excluding hydrogens is 164 g/mol. The summed E-state index contributed by atoms with van der Waals surface area (Å²) >= 11 is 0. The molecule has 1 heterocycles. The second-order valence-electron chi connectivity index (χ2n) is 4.54. The van der Waals surface area contributed by atoms with E-state index in [0.717, 1.165) is 19.3 Å². The van der Waals surface area contributed by atoms with Gasteiger partial charge >= 0.3 is 5.97 Å². The Bertz CT molecular complexity index is 263. The molecule has 1 saturated carbocycles. The van der Waals surface area contributed by atoms with Gasteiger partial charge in [0.15, 0.2) is 0 Å². The van der Waals surface area contributed by atoms with Gasteiger partial charge in [-0.1, -0.05) is 11.6 Å². The van der Waals surface area contributed by atoms with E-state index in [2.05, 4.69) is 19.9 Å². The maximum atomic E-state index is 10.9. The van der Waals surface area contributed by atoms with Crippen molar-refractivity contribution in [1.82, 2.24) is 0 Å². The molecule has 0 radical (unpaired) electrons. The SMILES string of the molecule is CC(C)=CCCC12CC(=O)OC1C2. The number of fused-ring (bicyclic) bond motifs is 1. The lowest BCUT2D eigenvalue weighted by atomic mass is 9.96. The van der Waals surface area contributed by atoms with Crippen molar-refractivity contribution in [3.05, 3.63) is 11.6 Å². The van der Waals surface area contributed by atoms with Gasteiger partial charge in [-0.2, -0.15) is 0 Å². The fraction of sp³-hybridized carbons (Fsp3) is 0.727. The zero-order valence-electron chi connectivity index (χ0n) is 8.30. The first kappa shape index (κ1) is 8.79. The Morgan fingerprint density at radius 3 is 3.00 bits per heavy atom. The number of carbonyl (C=O) groups is 1. The van der Waals surface area contributed by atoms with Crippen molar-refractivity contribution >= 4 is 5.97 Å². The van der Waals surface area contributed by atoms with Crippen LogP contribution in [-0.2, 0) is 9.53 Å². The zero-order valence-corrected chi connectivity index (χ0v) is 8.30. The van der Waals surface area contributed by atoms with Crippen molar-refractivity contribution in [1.29, 1.82) is 0 Å². The number of esters is 1. The number of carbonyl (C=O) groups excluding carboxylic acids is 1. The molecule has 2 unspecified atom stereocenters. The smallest absolute Gasteiger partial charge is 0.306 e. The van der Waals surface area contributed by atoms with Crippen LogP contribution in [0.5, 0.6) is 0 Å². The average Bonchev–Trinajstić information content (AvgIpc) is 2.53. The first-order valence-electron chi connectivity index (χ1n) is 4.95. The highest BCUT2D eigenvalue weighted by Crippen LogP contribution is 2.59. The summed E-state index contributed by atoms with van der Waals surface area (Å²) in [5.41, 5.74) is 1.61. The summed E-state index contributed by atoms with van der Waals surface area (Å²) in [6.45, 7) is 4.22. The van der Waals surface area contributed by atoms with Crippen molar-refractivity contribution in [3.63, 3.8) is 0 Å². The Balaban J connectivity index is 1.84. The van der Waals surface area contributed by atoms with Gasteiger partial charge in [-0.05, 0) is 33.1 Å². The normalized spacial score (nSPS) is 35.2. The molecule has 2 fully saturated rings. The monoisotopic (exact) mass is 180 g/mol. The van der Waals surface area contributed by atoms with Gasteiger partial charge in [0.25, 0.3) is 0 Å². The molecule has 1 saturated heterocycles.